The number of aryl methyl sites for hydroxylation is 2. The van der Waals surface area contributed by atoms with E-state index in [1.165, 1.54) is 28.4 Å². The quantitative estimate of drug-likeness (QED) is 0.0382. The van der Waals surface area contributed by atoms with Crippen molar-refractivity contribution >= 4 is 96.5 Å². The van der Waals surface area contributed by atoms with Gasteiger partial charge in [0.2, 0.25) is 33.8 Å². The van der Waals surface area contributed by atoms with Crippen molar-refractivity contribution < 1.29 is 28.6 Å². The molecule has 4 aliphatic heterocycles. The molecule has 548 valence electrons. The van der Waals surface area contributed by atoms with E-state index in [2.05, 4.69) is 220 Å². The van der Waals surface area contributed by atoms with Gasteiger partial charge in [-0.05, 0) is 42.7 Å². The van der Waals surface area contributed by atoms with E-state index in [0.29, 0.717) is 120 Å². The highest BCUT2D eigenvalue weighted by Crippen LogP contribution is 2.23. The van der Waals surface area contributed by atoms with Gasteiger partial charge in [-0.1, -0.05) is 171 Å². The van der Waals surface area contributed by atoms with Crippen LogP contribution in [0.5, 0.6) is 0 Å². The first-order valence-electron chi connectivity index (χ1n) is 32.7. The van der Waals surface area contributed by atoms with Crippen LogP contribution in [0, 0.1) is 42.9 Å². The average molecular weight is 1430 g/mol. The lowest BCUT2D eigenvalue weighted by Crippen LogP contribution is -2.13. The van der Waals surface area contributed by atoms with Crippen LogP contribution in [0.15, 0.2) is 54.1 Å². The van der Waals surface area contributed by atoms with E-state index in [1.807, 2.05) is 55.4 Å². The number of aromatic nitrogens is 12. The van der Waals surface area contributed by atoms with Crippen LogP contribution < -0.4 is 33.0 Å². The predicted molar refractivity (Wildman–Crippen MR) is 396 cm³/mol. The zero-order chi connectivity index (χ0) is 74.0. The zero-order valence-corrected chi connectivity index (χ0v) is 64.2. The molecule has 0 amide bonds. The minimum Gasteiger partial charge on any atom is -0.425 e. The van der Waals surface area contributed by atoms with Crippen molar-refractivity contribution in [2.75, 3.05) is 68.1 Å². The zero-order valence-electron chi connectivity index (χ0n) is 61.7. The Labute approximate surface area is 589 Å². The number of nitrogens with zero attached hydrogens (tertiary/aromatic N) is 20. The summed E-state index contributed by atoms with van der Waals surface area (Å²) in [6.45, 7) is 49.5. The van der Waals surface area contributed by atoms with E-state index in [0.717, 1.165) is 66.7 Å². The molecule has 0 aliphatic carbocycles. The second-order valence-corrected chi connectivity index (χ2v) is 28.2. The van der Waals surface area contributed by atoms with Crippen molar-refractivity contribution in [2.24, 2.45) is 64.5 Å². The van der Waals surface area contributed by atoms with Gasteiger partial charge >= 0.3 is 12.0 Å². The number of nitrogen functional groups attached to an aromatic ring is 2. The summed E-state index contributed by atoms with van der Waals surface area (Å²) in [6.07, 6.45) is 2.49. The summed E-state index contributed by atoms with van der Waals surface area (Å²) >= 11 is 4.66. The molecule has 0 unspecified atom stereocenters. The Morgan fingerprint density at radius 3 is 1.32 bits per heavy atom. The molecule has 0 saturated heterocycles. The molecule has 0 saturated carbocycles. The minimum atomic E-state index is 0.0550. The third kappa shape index (κ3) is 38.3. The largest absolute Gasteiger partial charge is 0.425 e. The first kappa shape index (κ1) is 88.1. The van der Waals surface area contributed by atoms with Gasteiger partial charge in [0.1, 0.15) is 38.2 Å². The molecule has 0 atom stereocenters. The highest BCUT2D eigenvalue weighted by atomic mass is 32.1. The lowest BCUT2D eigenvalue weighted by Gasteiger charge is -2.00. The third-order valence-electron chi connectivity index (χ3n) is 12.3. The topological polar surface area (TPSA) is 478 Å². The number of rotatable bonds is 18. The lowest BCUT2D eigenvalue weighted by molar-refractivity contribution is 0.306. The van der Waals surface area contributed by atoms with Crippen LogP contribution in [-0.4, -0.2) is 163 Å². The van der Waals surface area contributed by atoms with E-state index >= 15 is 0 Å². The molecule has 0 bridgehead atoms. The van der Waals surface area contributed by atoms with Crippen LogP contribution in [0.25, 0.3) is 0 Å². The van der Waals surface area contributed by atoms with Gasteiger partial charge in [-0.2, -0.15) is 25.5 Å². The molecule has 6 aromatic rings. The lowest BCUT2D eigenvalue weighted by atomic mass is 10.0. The molecule has 10 rings (SSSR count). The maximum absolute atomic E-state index is 8.54. The Morgan fingerprint density at radius 2 is 0.990 bits per heavy atom. The van der Waals surface area contributed by atoms with E-state index in [9.17, 15) is 0 Å². The number of hydrogen-bond acceptors (Lipinski definition) is 34. The van der Waals surface area contributed by atoms with Gasteiger partial charge in [-0.25, -0.2) is 0 Å². The van der Waals surface area contributed by atoms with Crippen LogP contribution in [-0.2, 0) is 0 Å². The SMILES string of the molecule is CC(C)C1=NN=NC1.CC(C)C1=NNC(=N)C1.CC(C)C1=NNC(=NCCO)C1.CC(C)c1nnc(N)o1.CC(C)c1nnc(N)s1.CC(C)c1nnc(NCCO)o1.CC(C)c1nnc(NCCO)s1.CC1=NN=C(C(C)C)C1.Cc1nnc(C(C)C)o1.Cc1nnc(C(C)C)s1. The van der Waals surface area contributed by atoms with E-state index in [1.54, 1.807) is 18.3 Å². The number of aliphatic imine (C=N–C) groups is 1. The number of amidine groups is 2. The predicted octanol–water partition coefficient (Wildman–Crippen LogP) is 11.8. The van der Waals surface area contributed by atoms with Crippen LogP contribution in [0.2, 0.25) is 0 Å². The number of nitrogens with one attached hydrogen (secondary N) is 5. The molecule has 0 spiro atoms. The molecule has 98 heavy (non-hydrogen) atoms. The molecule has 0 aromatic carbocycles. The maximum atomic E-state index is 8.54. The summed E-state index contributed by atoms with van der Waals surface area (Å²) < 4.78 is 15.2. The van der Waals surface area contributed by atoms with Crippen LogP contribution in [0.1, 0.15) is 244 Å². The third-order valence-corrected chi connectivity index (χ3v) is 15.7. The molecule has 4 aliphatic rings. The van der Waals surface area contributed by atoms with E-state index in [-0.39, 0.29) is 37.7 Å². The van der Waals surface area contributed by atoms with Gasteiger partial charge in [0.15, 0.2) is 0 Å². The van der Waals surface area contributed by atoms with Crippen molar-refractivity contribution in [3.8, 4) is 0 Å². The van der Waals surface area contributed by atoms with Gasteiger partial charge in [0.05, 0.1) is 32.1 Å². The standard InChI is InChI=1S/C8H15N3O.C7H13N3O2.C7H13N3OS.C7H12N2.C6H11N3.C6H10N2O.C6H10N2S.C5H9N3O.C5H9N3S.C5H9N3/c1-6(2)7-5-8(11-10-7)9-3-4-12;2*1-5(2)6-9-10-7(12-6)8-3-4-11;1-5(2)7-4-6(3)8-9-7;1-4(2)5-3-6(7)9-8-5;2*1-4(2)6-8-7-5(3)9-6;2*1-3(2)4-7-8-5(6)9-4;1-4(2)5-3-6-8-7-5/h6,12H,3-5H2,1-2H3,(H,9,11);2*5,11H,3-4H2,1-2H3,(H,8,10);5H,4H2,1-3H3;4H,3H2,1-2H3,(H2,7,9);2*4H,1-3H3;2*3H,1-2H3,(H2,6,8);4H,3H2,1-2H3. The number of hydrazone groups is 2. The van der Waals surface area contributed by atoms with Crippen molar-refractivity contribution in [2.45, 2.75) is 214 Å². The van der Waals surface area contributed by atoms with Crippen LogP contribution in [0.3, 0.4) is 0 Å². The second kappa shape index (κ2) is 48.7. The molecule has 6 aromatic heterocycles. The first-order chi connectivity index (χ1) is 46.2. The summed E-state index contributed by atoms with van der Waals surface area (Å²) in [5.74, 6) is 8.17. The summed E-state index contributed by atoms with van der Waals surface area (Å²) in [6, 6.07) is 0.506. The first-order valence-corrected chi connectivity index (χ1v) is 35.2. The van der Waals surface area contributed by atoms with Gasteiger partial charge in [0.25, 0.3) is 0 Å². The fourth-order valence-corrected chi connectivity index (χ4v) is 8.59. The summed E-state index contributed by atoms with van der Waals surface area (Å²) in [5, 5.41) is 117. The molecular formula is C62H111N27O6S3. The van der Waals surface area contributed by atoms with Crippen LogP contribution in [0.4, 0.5) is 22.3 Å². The Balaban J connectivity index is 0.000000546. The molecule has 36 heteroatoms. The summed E-state index contributed by atoms with van der Waals surface area (Å²) in [7, 11) is 0. The minimum absolute atomic E-state index is 0.0550. The van der Waals surface area contributed by atoms with Crippen molar-refractivity contribution in [3.05, 3.63) is 43.6 Å². The van der Waals surface area contributed by atoms with E-state index < -0.39 is 0 Å². The Kier molecular flexibility index (Phi) is 43.8. The Hall–Kier alpha value is -7.93. The summed E-state index contributed by atoms with van der Waals surface area (Å²) in [5.41, 5.74) is 21.7. The Morgan fingerprint density at radius 1 is 0.480 bits per heavy atom. The van der Waals surface area contributed by atoms with Gasteiger partial charge in [0, 0.05) is 97.6 Å². The normalized spacial score (nSPS) is 13.7. The Bertz CT molecular complexity index is 3140. The highest BCUT2D eigenvalue weighted by Gasteiger charge is 2.17. The average Bonchev–Trinajstić information content (AvgIpc) is 2.14. The van der Waals surface area contributed by atoms with Crippen LogP contribution >= 0.6 is 34.0 Å². The highest BCUT2D eigenvalue weighted by molar-refractivity contribution is 7.15. The fourth-order valence-electron chi connectivity index (χ4n) is 6.51. The van der Waals surface area contributed by atoms with Gasteiger partial charge in [-0.3, -0.25) is 21.3 Å². The number of aliphatic hydroxyl groups is 3. The number of anilines is 4. The summed E-state index contributed by atoms with van der Waals surface area (Å²) in [4.78, 5) is 4.12. The maximum Gasteiger partial charge on any atom is 0.315 e. The number of nitrogens with two attached hydrogens (primary N) is 2. The molecular weight excluding hydrogens is 1320 g/mol. The van der Waals surface area contributed by atoms with Crippen molar-refractivity contribution in [1.82, 2.24) is 72.0 Å². The number of aliphatic hydroxyl groups excluding tert-OH is 3. The van der Waals surface area contributed by atoms with E-state index in [4.69, 9.17) is 45.4 Å². The van der Waals surface area contributed by atoms with Crippen molar-refractivity contribution in [1.29, 1.82) is 5.41 Å². The molecule has 12 N–H and O–H groups in total. The smallest absolute Gasteiger partial charge is 0.315 e. The molecule has 10 heterocycles. The van der Waals surface area contributed by atoms with Gasteiger partial charge < -0.3 is 50.7 Å². The fraction of sp³-hybridized carbons (Fsp3) is 0.694. The molecule has 33 nitrogen and oxygen atoms in total. The van der Waals surface area contributed by atoms with Gasteiger partial charge in [-0.15, -0.1) is 67.4 Å². The second-order valence-electron chi connectivity index (χ2n) is 24.9. The number of hydrogen-bond donors (Lipinski definition) is 10. The van der Waals surface area contributed by atoms with Crippen molar-refractivity contribution in [3.63, 3.8) is 0 Å². The molecule has 0 radical (unpaired) electrons. The monoisotopic (exact) mass is 1430 g/mol. The molecule has 0 fully saturated rings.